The van der Waals surface area contributed by atoms with Crippen LogP contribution in [-0.4, -0.2) is 42.2 Å². The van der Waals surface area contributed by atoms with E-state index in [9.17, 15) is 4.79 Å². The summed E-state index contributed by atoms with van der Waals surface area (Å²) in [5, 5.41) is 1.66. The Labute approximate surface area is 147 Å². The number of benzene rings is 2. The predicted molar refractivity (Wildman–Crippen MR) is 99.8 cm³/mol. The molecule has 1 heterocycles. The molecule has 25 heavy (non-hydrogen) atoms. The van der Waals surface area contributed by atoms with E-state index in [0.29, 0.717) is 6.61 Å². The number of hydrogen-bond acceptors (Lipinski definition) is 3. The number of carbonyl (C=O) groups excluding carboxylic acids is 1. The van der Waals surface area contributed by atoms with Crippen molar-refractivity contribution in [2.45, 2.75) is 19.9 Å². The Balaban J connectivity index is 1.80. The first-order valence-corrected chi connectivity index (χ1v) is 8.34. The van der Waals surface area contributed by atoms with E-state index >= 15 is 0 Å². The largest absolute Gasteiger partial charge is 0.494 e. The van der Waals surface area contributed by atoms with E-state index in [-0.39, 0.29) is 5.91 Å². The molecule has 1 aliphatic heterocycles. The number of nitrogens with zero attached hydrogens (tertiary/aromatic N) is 3. The van der Waals surface area contributed by atoms with Crippen LogP contribution >= 0.6 is 0 Å². The average Bonchev–Trinajstić information content (AvgIpc) is 2.85. The van der Waals surface area contributed by atoms with Crippen LogP contribution < -0.4 is 9.75 Å². The Bertz CT molecular complexity index is 811. The van der Waals surface area contributed by atoms with Crippen molar-refractivity contribution in [3.05, 3.63) is 60.2 Å². The number of hydrazine groups is 1. The van der Waals surface area contributed by atoms with E-state index in [1.54, 1.807) is 11.2 Å². The van der Waals surface area contributed by atoms with E-state index in [0.717, 1.165) is 22.7 Å². The molecule has 0 aliphatic carbocycles. The fourth-order valence-electron chi connectivity index (χ4n) is 2.80. The summed E-state index contributed by atoms with van der Waals surface area (Å²) in [7, 11) is 1.88. The molecule has 1 atom stereocenters. The lowest BCUT2D eigenvalue weighted by molar-refractivity contribution is -0.495. The fourth-order valence-corrected chi connectivity index (χ4v) is 2.80. The minimum Gasteiger partial charge on any atom is -0.494 e. The Hall–Kier alpha value is -2.95. The van der Waals surface area contributed by atoms with Crippen LogP contribution in [0.25, 0.3) is 0 Å². The second-order valence-electron chi connectivity index (χ2n) is 5.83. The smallest absolute Gasteiger partial charge is 0.318 e. The van der Waals surface area contributed by atoms with Crippen molar-refractivity contribution in [1.29, 1.82) is 0 Å². The highest BCUT2D eigenvalue weighted by molar-refractivity contribution is 6.15. The number of hydrazone groups is 1. The van der Waals surface area contributed by atoms with Crippen LogP contribution in [0, 0.1) is 0 Å². The van der Waals surface area contributed by atoms with Crippen LogP contribution in [0.1, 0.15) is 19.4 Å². The van der Waals surface area contributed by atoms with Crippen molar-refractivity contribution in [2.75, 3.05) is 18.7 Å². The molecular weight excluding hydrogens is 314 g/mol. The fraction of sp³-hybridized carbons (Fsp3) is 0.250. The SMILES string of the molecule is CCOc1ccc(C=NC2C(=O)N(c3ccccc3)[N+](C)=C2C)cc1. The van der Waals surface area contributed by atoms with Gasteiger partial charge >= 0.3 is 5.91 Å². The second kappa shape index (κ2) is 7.30. The van der Waals surface area contributed by atoms with Crippen LogP contribution in [0.4, 0.5) is 5.69 Å². The standard InChI is InChI=1S/C20H22N3O2/c1-4-25-18-12-10-16(11-13-18)14-21-19-15(2)22(3)23(20(19)24)17-8-6-5-7-9-17/h5-14,19H,4H2,1-3H3/q+1. The zero-order chi connectivity index (χ0) is 17.8. The molecule has 0 bridgehead atoms. The maximum Gasteiger partial charge on any atom is 0.318 e. The lowest BCUT2D eigenvalue weighted by atomic mass is 10.2. The highest BCUT2D eigenvalue weighted by Crippen LogP contribution is 2.21. The first kappa shape index (κ1) is 16.9. The summed E-state index contributed by atoms with van der Waals surface area (Å²) < 4.78 is 7.29. The van der Waals surface area contributed by atoms with E-state index in [1.807, 2.05) is 80.2 Å². The summed E-state index contributed by atoms with van der Waals surface area (Å²) in [6.07, 6.45) is 1.74. The number of amides is 1. The van der Waals surface area contributed by atoms with Gasteiger partial charge in [-0.15, -0.1) is 4.68 Å². The highest BCUT2D eigenvalue weighted by Gasteiger charge is 2.44. The normalized spacial score (nSPS) is 17.6. The summed E-state index contributed by atoms with van der Waals surface area (Å²) in [6, 6.07) is 16.8. The number of rotatable bonds is 5. The Morgan fingerprint density at radius 2 is 1.84 bits per heavy atom. The average molecular weight is 336 g/mol. The van der Waals surface area contributed by atoms with Crippen molar-refractivity contribution < 1.29 is 14.2 Å². The molecule has 0 aromatic heterocycles. The zero-order valence-corrected chi connectivity index (χ0v) is 14.7. The van der Waals surface area contributed by atoms with Crippen LogP contribution in [0.5, 0.6) is 5.75 Å². The van der Waals surface area contributed by atoms with Crippen molar-refractivity contribution in [3.63, 3.8) is 0 Å². The van der Waals surface area contributed by atoms with E-state index in [1.165, 1.54) is 0 Å². The van der Waals surface area contributed by atoms with Gasteiger partial charge in [0.2, 0.25) is 11.8 Å². The molecule has 0 spiro atoms. The zero-order valence-electron chi connectivity index (χ0n) is 14.7. The molecule has 2 aromatic carbocycles. The first-order chi connectivity index (χ1) is 12.1. The number of anilines is 1. The predicted octanol–water partition coefficient (Wildman–Crippen LogP) is 2.94. The van der Waals surface area contributed by atoms with Gasteiger partial charge in [-0.25, -0.2) is 0 Å². The summed E-state index contributed by atoms with van der Waals surface area (Å²) in [5.41, 5.74) is 2.68. The molecule has 3 rings (SSSR count). The van der Waals surface area contributed by atoms with Crippen LogP contribution in [0.2, 0.25) is 0 Å². The Morgan fingerprint density at radius 3 is 2.48 bits per heavy atom. The number of ether oxygens (including phenoxy) is 1. The van der Waals surface area contributed by atoms with Gasteiger partial charge in [-0.05, 0) is 48.9 Å². The highest BCUT2D eigenvalue weighted by atomic mass is 16.5. The van der Waals surface area contributed by atoms with Gasteiger partial charge in [0, 0.05) is 13.1 Å². The number of hydrogen-bond donors (Lipinski definition) is 0. The molecule has 0 radical (unpaired) electrons. The molecule has 2 aromatic rings. The van der Waals surface area contributed by atoms with Gasteiger partial charge in [-0.3, -0.25) is 9.79 Å². The summed E-state index contributed by atoms with van der Waals surface area (Å²) in [5.74, 6) is 0.780. The van der Waals surface area contributed by atoms with Crippen molar-refractivity contribution in [1.82, 2.24) is 0 Å². The minimum absolute atomic E-state index is 0.0478. The third kappa shape index (κ3) is 3.45. The van der Waals surface area contributed by atoms with Gasteiger partial charge in [0.1, 0.15) is 11.4 Å². The molecule has 5 nitrogen and oxygen atoms in total. The third-order valence-electron chi connectivity index (χ3n) is 4.21. The van der Waals surface area contributed by atoms with E-state index in [4.69, 9.17) is 4.74 Å². The maximum atomic E-state index is 12.8. The van der Waals surface area contributed by atoms with E-state index in [2.05, 4.69) is 4.99 Å². The lowest BCUT2D eigenvalue weighted by Crippen LogP contribution is -2.35. The van der Waals surface area contributed by atoms with Crippen molar-refractivity contribution in [2.24, 2.45) is 4.99 Å². The first-order valence-electron chi connectivity index (χ1n) is 8.34. The minimum atomic E-state index is -0.503. The van der Waals surface area contributed by atoms with Gasteiger partial charge in [-0.1, -0.05) is 23.2 Å². The molecule has 128 valence electrons. The van der Waals surface area contributed by atoms with Gasteiger partial charge in [0.15, 0.2) is 7.05 Å². The molecule has 1 aliphatic rings. The van der Waals surface area contributed by atoms with Crippen LogP contribution in [0.3, 0.4) is 0 Å². The van der Waals surface area contributed by atoms with Gasteiger partial charge in [-0.2, -0.15) is 0 Å². The molecular formula is C20H22N3O2+. The Morgan fingerprint density at radius 1 is 1.16 bits per heavy atom. The molecule has 0 saturated carbocycles. The second-order valence-corrected chi connectivity index (χ2v) is 5.83. The molecule has 0 fully saturated rings. The van der Waals surface area contributed by atoms with Crippen molar-refractivity contribution >= 4 is 23.5 Å². The molecule has 1 unspecified atom stereocenters. The number of carbonyl (C=O) groups is 1. The lowest BCUT2D eigenvalue weighted by Gasteiger charge is -2.10. The molecule has 5 heteroatoms. The summed E-state index contributed by atoms with van der Waals surface area (Å²) >= 11 is 0. The quantitative estimate of drug-likeness (QED) is 0.622. The van der Waals surface area contributed by atoms with Gasteiger partial charge in [0.25, 0.3) is 0 Å². The van der Waals surface area contributed by atoms with Crippen LogP contribution in [0.15, 0.2) is 59.6 Å². The number of para-hydroxylation sites is 1. The van der Waals surface area contributed by atoms with E-state index < -0.39 is 6.04 Å². The maximum absolute atomic E-state index is 12.8. The third-order valence-corrected chi connectivity index (χ3v) is 4.21. The summed E-state index contributed by atoms with van der Waals surface area (Å²) in [6.45, 7) is 4.52. The Kier molecular flexibility index (Phi) is 4.93. The van der Waals surface area contributed by atoms with Crippen molar-refractivity contribution in [3.8, 4) is 5.75 Å². The monoisotopic (exact) mass is 336 g/mol. The topological polar surface area (TPSA) is 44.9 Å². The molecule has 0 saturated heterocycles. The summed E-state index contributed by atoms with van der Waals surface area (Å²) in [4.78, 5) is 17.3. The molecule has 1 amide bonds. The number of aliphatic imine (C=N–C) groups is 1. The van der Waals surface area contributed by atoms with Gasteiger partial charge < -0.3 is 4.74 Å². The van der Waals surface area contributed by atoms with Crippen LogP contribution in [-0.2, 0) is 4.79 Å². The van der Waals surface area contributed by atoms with Gasteiger partial charge in [0.05, 0.1) is 6.61 Å². The molecule has 0 N–H and O–H groups in total.